The third-order valence-corrected chi connectivity index (χ3v) is 1.56. The quantitative estimate of drug-likeness (QED) is 0.476. The molecular formula is C9H9KO4. The van der Waals surface area contributed by atoms with Gasteiger partial charge in [-0.15, -0.1) is 0 Å². The molecule has 0 amide bonds. The van der Waals surface area contributed by atoms with E-state index in [-0.39, 0.29) is 63.9 Å². The number of carboxylic acid groups (broad SMARTS) is 1. The van der Waals surface area contributed by atoms with Crippen LogP contribution >= 0.6 is 0 Å². The first-order chi connectivity index (χ1) is 6.16. The van der Waals surface area contributed by atoms with E-state index >= 15 is 0 Å². The van der Waals surface area contributed by atoms with Gasteiger partial charge in [0.05, 0.1) is 18.2 Å². The molecule has 0 aliphatic heterocycles. The molecule has 0 unspecified atom stereocenters. The van der Waals surface area contributed by atoms with Crippen molar-refractivity contribution in [3.8, 4) is 0 Å². The van der Waals surface area contributed by atoms with Gasteiger partial charge < -0.3 is 11.3 Å². The largest absolute Gasteiger partial charge is 1.00 e. The number of hydrogen-bond acceptors (Lipinski definition) is 3. The van der Waals surface area contributed by atoms with Crippen molar-refractivity contribution in [1.82, 2.24) is 0 Å². The van der Waals surface area contributed by atoms with Crippen molar-refractivity contribution in [3.63, 3.8) is 0 Å². The molecule has 4 nitrogen and oxygen atoms in total. The molecule has 0 aliphatic carbocycles. The van der Waals surface area contributed by atoms with Crippen molar-refractivity contribution in [2.45, 2.75) is 0 Å². The first-order valence-electron chi connectivity index (χ1n) is 3.57. The van der Waals surface area contributed by atoms with Gasteiger partial charge in [0.1, 0.15) is 0 Å². The van der Waals surface area contributed by atoms with Crippen molar-refractivity contribution in [2.75, 3.05) is 7.11 Å². The summed E-state index contributed by atoms with van der Waals surface area (Å²) in [6, 6.07) is 5.90. The van der Waals surface area contributed by atoms with E-state index < -0.39 is 11.9 Å². The minimum Gasteiger partial charge on any atom is -1.00 e. The van der Waals surface area contributed by atoms with Crippen LogP contribution in [0.25, 0.3) is 0 Å². The fourth-order valence-corrected chi connectivity index (χ4v) is 0.958. The Morgan fingerprint density at radius 1 is 1.29 bits per heavy atom. The molecule has 0 spiro atoms. The second kappa shape index (κ2) is 6.31. The molecule has 0 aromatic heterocycles. The van der Waals surface area contributed by atoms with Gasteiger partial charge in [0.2, 0.25) is 0 Å². The number of carboxylic acids is 1. The standard InChI is InChI=1S/C9H8O4.K.H/c1-13-9(12)7-5-3-2-4-6(7)8(10)11;;/h2-5H,1H3,(H,10,11);;/q;+1;-1. The average molecular weight is 220 g/mol. The van der Waals surface area contributed by atoms with Gasteiger partial charge in [-0.2, -0.15) is 0 Å². The summed E-state index contributed by atoms with van der Waals surface area (Å²) >= 11 is 0. The number of esters is 1. The number of benzene rings is 1. The smallest absolute Gasteiger partial charge is 1.00 e. The maximum Gasteiger partial charge on any atom is 1.00 e. The zero-order valence-electron chi connectivity index (χ0n) is 8.98. The van der Waals surface area contributed by atoms with Crippen LogP contribution in [0.15, 0.2) is 24.3 Å². The summed E-state index contributed by atoms with van der Waals surface area (Å²) in [7, 11) is 1.21. The predicted molar refractivity (Wildman–Crippen MR) is 45.9 cm³/mol. The van der Waals surface area contributed by atoms with Crippen LogP contribution in [-0.2, 0) is 4.74 Å². The molecule has 70 valence electrons. The first kappa shape index (κ1) is 13.8. The van der Waals surface area contributed by atoms with E-state index in [4.69, 9.17) is 5.11 Å². The molecule has 0 atom stereocenters. The van der Waals surface area contributed by atoms with Gasteiger partial charge >= 0.3 is 63.3 Å². The Kier molecular flexibility index (Phi) is 6.22. The summed E-state index contributed by atoms with van der Waals surface area (Å²) in [4.78, 5) is 21.7. The molecule has 0 bridgehead atoms. The molecule has 0 radical (unpaired) electrons. The van der Waals surface area contributed by atoms with E-state index in [0.717, 1.165) is 0 Å². The number of carbonyl (C=O) groups is 2. The second-order valence-corrected chi connectivity index (χ2v) is 2.34. The van der Waals surface area contributed by atoms with Gasteiger partial charge in [0.15, 0.2) is 0 Å². The number of rotatable bonds is 2. The zero-order chi connectivity index (χ0) is 9.84. The topological polar surface area (TPSA) is 63.6 Å². The Labute approximate surface area is 125 Å². The summed E-state index contributed by atoms with van der Waals surface area (Å²) in [5.74, 6) is -1.78. The van der Waals surface area contributed by atoms with Crippen LogP contribution in [0.4, 0.5) is 0 Å². The third kappa shape index (κ3) is 3.18. The van der Waals surface area contributed by atoms with Gasteiger partial charge in [-0.3, -0.25) is 0 Å². The van der Waals surface area contributed by atoms with Crippen molar-refractivity contribution in [2.24, 2.45) is 0 Å². The molecule has 0 aliphatic rings. The van der Waals surface area contributed by atoms with Crippen LogP contribution in [0.5, 0.6) is 0 Å². The molecule has 1 N–H and O–H groups in total. The number of hydrogen-bond donors (Lipinski definition) is 1. The van der Waals surface area contributed by atoms with Crippen LogP contribution in [0.2, 0.25) is 0 Å². The Bertz CT molecular complexity index is 354. The van der Waals surface area contributed by atoms with E-state index in [1.807, 2.05) is 0 Å². The van der Waals surface area contributed by atoms with Gasteiger partial charge in [-0.05, 0) is 12.1 Å². The molecule has 1 rings (SSSR count). The maximum absolute atomic E-state index is 11.1. The van der Waals surface area contributed by atoms with Crippen molar-refractivity contribution >= 4 is 11.9 Å². The van der Waals surface area contributed by atoms with Gasteiger partial charge in [-0.1, -0.05) is 12.1 Å². The zero-order valence-corrected chi connectivity index (χ0v) is 11.1. The first-order valence-corrected chi connectivity index (χ1v) is 3.57. The van der Waals surface area contributed by atoms with E-state index in [1.54, 1.807) is 12.1 Å². The molecule has 14 heavy (non-hydrogen) atoms. The summed E-state index contributed by atoms with van der Waals surface area (Å²) in [6.45, 7) is 0. The molecule has 1 aromatic carbocycles. The monoisotopic (exact) mass is 220 g/mol. The Morgan fingerprint density at radius 2 is 1.79 bits per heavy atom. The molecular weight excluding hydrogens is 211 g/mol. The summed E-state index contributed by atoms with van der Waals surface area (Å²) < 4.78 is 4.42. The van der Waals surface area contributed by atoms with Crippen molar-refractivity contribution in [1.29, 1.82) is 0 Å². The van der Waals surface area contributed by atoms with Crippen LogP contribution in [0, 0.1) is 0 Å². The van der Waals surface area contributed by atoms with Gasteiger partial charge in [0, 0.05) is 0 Å². The van der Waals surface area contributed by atoms with Gasteiger partial charge in [-0.25, -0.2) is 9.59 Å². The molecule has 0 heterocycles. The van der Waals surface area contributed by atoms with Crippen LogP contribution < -0.4 is 51.4 Å². The van der Waals surface area contributed by atoms with Crippen molar-refractivity contribution < 1.29 is 72.2 Å². The summed E-state index contributed by atoms with van der Waals surface area (Å²) in [5.41, 5.74) is 0.0202. The second-order valence-electron chi connectivity index (χ2n) is 2.34. The van der Waals surface area contributed by atoms with E-state index in [9.17, 15) is 9.59 Å². The van der Waals surface area contributed by atoms with Crippen LogP contribution in [-0.4, -0.2) is 24.2 Å². The fourth-order valence-electron chi connectivity index (χ4n) is 0.958. The third-order valence-electron chi connectivity index (χ3n) is 1.56. The minimum atomic E-state index is -1.14. The molecule has 5 heteroatoms. The number of aromatic carboxylic acids is 1. The van der Waals surface area contributed by atoms with E-state index in [1.165, 1.54) is 19.2 Å². The maximum atomic E-state index is 11.1. The Morgan fingerprint density at radius 3 is 2.21 bits per heavy atom. The summed E-state index contributed by atoms with van der Waals surface area (Å²) in [5, 5.41) is 8.70. The fraction of sp³-hybridized carbons (Fsp3) is 0.111. The van der Waals surface area contributed by atoms with Gasteiger partial charge in [0.25, 0.3) is 0 Å². The van der Waals surface area contributed by atoms with Crippen molar-refractivity contribution in [3.05, 3.63) is 35.4 Å². The molecule has 0 fully saturated rings. The number of methoxy groups -OCH3 is 1. The van der Waals surface area contributed by atoms with Crippen LogP contribution in [0.1, 0.15) is 22.1 Å². The Hall–Kier alpha value is -0.204. The summed E-state index contributed by atoms with van der Waals surface area (Å²) in [6.07, 6.45) is 0. The Balaban J connectivity index is 0. The van der Waals surface area contributed by atoms with E-state index in [2.05, 4.69) is 4.74 Å². The normalized spacial score (nSPS) is 8.64. The van der Waals surface area contributed by atoms with Crippen LogP contribution in [0.3, 0.4) is 0 Å². The molecule has 0 saturated heterocycles. The average Bonchev–Trinajstić information content (AvgIpc) is 2.16. The molecule has 1 aromatic rings. The number of carbonyl (C=O) groups excluding carboxylic acids is 1. The molecule has 0 saturated carbocycles. The minimum absolute atomic E-state index is 0. The number of ether oxygens (including phenoxy) is 1. The SMILES string of the molecule is COC(=O)c1ccccc1C(=O)O.[H-].[K+]. The predicted octanol–water partition coefficient (Wildman–Crippen LogP) is -1.71. The van der Waals surface area contributed by atoms with E-state index in [0.29, 0.717) is 0 Å².